The van der Waals surface area contributed by atoms with Gasteiger partial charge in [0.05, 0.1) is 36.3 Å². The van der Waals surface area contributed by atoms with Crippen LogP contribution in [0.15, 0.2) is 53.3 Å². The zero-order chi connectivity index (χ0) is 25.4. The molecule has 7 heteroatoms. The molecule has 0 radical (unpaired) electrons. The number of carbonyl (C=O) groups is 1. The molecule has 3 rings (SSSR count). The predicted molar refractivity (Wildman–Crippen MR) is 139 cm³/mol. The Hall–Kier alpha value is -3.19. The number of para-hydroxylation sites is 3. The highest BCUT2D eigenvalue weighted by Gasteiger charge is 2.30. The van der Waals surface area contributed by atoms with Gasteiger partial charge in [-0.05, 0) is 44.0 Å². The number of nitrogens with zero attached hydrogens (tertiary/aromatic N) is 3. The van der Waals surface area contributed by atoms with Gasteiger partial charge in [-0.1, -0.05) is 51.0 Å². The number of unbranched alkanes of at least 4 members (excludes halogenated alkanes) is 1. The van der Waals surface area contributed by atoms with Gasteiger partial charge >= 0.3 is 0 Å². The van der Waals surface area contributed by atoms with E-state index in [-0.39, 0.29) is 17.4 Å². The van der Waals surface area contributed by atoms with Gasteiger partial charge in [0, 0.05) is 19.6 Å². The molecule has 0 aliphatic carbocycles. The molecule has 188 valence electrons. The Balaban J connectivity index is 2.21. The summed E-state index contributed by atoms with van der Waals surface area (Å²) in [6.07, 6.45) is 3.64. The van der Waals surface area contributed by atoms with Gasteiger partial charge in [-0.25, -0.2) is 4.98 Å². The fourth-order valence-corrected chi connectivity index (χ4v) is 4.49. The Morgan fingerprint density at radius 2 is 1.80 bits per heavy atom. The number of fused-ring (bicyclic) bond motifs is 1. The van der Waals surface area contributed by atoms with Crippen molar-refractivity contribution in [2.24, 2.45) is 5.92 Å². The molecular formula is C28H37N3O4. The van der Waals surface area contributed by atoms with E-state index < -0.39 is 6.04 Å². The monoisotopic (exact) mass is 479 g/mol. The summed E-state index contributed by atoms with van der Waals surface area (Å²) in [5.74, 6) is 1.04. The minimum absolute atomic E-state index is 0.0690. The summed E-state index contributed by atoms with van der Waals surface area (Å²) >= 11 is 0. The number of hydrogen-bond acceptors (Lipinski definition) is 5. The van der Waals surface area contributed by atoms with Crippen LogP contribution in [-0.2, 0) is 9.53 Å². The Morgan fingerprint density at radius 1 is 1.09 bits per heavy atom. The van der Waals surface area contributed by atoms with Gasteiger partial charge in [-0.3, -0.25) is 14.2 Å². The van der Waals surface area contributed by atoms with Gasteiger partial charge in [0.1, 0.15) is 11.6 Å². The molecule has 35 heavy (non-hydrogen) atoms. The lowest BCUT2D eigenvalue weighted by atomic mass is 9.97. The number of ether oxygens (including phenoxy) is 2. The Bertz CT molecular complexity index is 1190. The summed E-state index contributed by atoms with van der Waals surface area (Å²) in [5.41, 5.74) is 0.999. The minimum atomic E-state index is -0.462. The summed E-state index contributed by atoms with van der Waals surface area (Å²) in [4.78, 5) is 34.3. The number of hydrogen-bond donors (Lipinski definition) is 0. The van der Waals surface area contributed by atoms with Crippen molar-refractivity contribution in [3.63, 3.8) is 0 Å². The predicted octanol–water partition coefficient (Wildman–Crippen LogP) is 5.15. The first-order valence-electron chi connectivity index (χ1n) is 12.4. The Labute approximate surface area is 207 Å². The molecule has 0 bridgehead atoms. The van der Waals surface area contributed by atoms with Crippen LogP contribution in [0.1, 0.15) is 58.3 Å². The van der Waals surface area contributed by atoms with Crippen molar-refractivity contribution in [3.05, 3.63) is 64.7 Å². The number of carbonyl (C=O) groups excluding carboxylic acids is 1. The van der Waals surface area contributed by atoms with E-state index in [9.17, 15) is 9.59 Å². The van der Waals surface area contributed by atoms with E-state index >= 15 is 0 Å². The number of amides is 1. The Morgan fingerprint density at radius 3 is 2.49 bits per heavy atom. The van der Waals surface area contributed by atoms with Gasteiger partial charge in [-0.2, -0.15) is 0 Å². The molecule has 7 nitrogen and oxygen atoms in total. The van der Waals surface area contributed by atoms with Gasteiger partial charge in [-0.15, -0.1) is 0 Å². The molecule has 0 saturated carbocycles. The molecule has 2 aromatic carbocycles. The van der Waals surface area contributed by atoms with E-state index in [0.29, 0.717) is 41.3 Å². The lowest BCUT2D eigenvalue weighted by molar-refractivity contribution is -0.139. The molecule has 0 N–H and O–H groups in total. The van der Waals surface area contributed by atoms with Crippen LogP contribution in [-0.4, -0.2) is 47.7 Å². The van der Waals surface area contributed by atoms with Crippen molar-refractivity contribution in [1.29, 1.82) is 0 Å². The molecule has 2 unspecified atom stereocenters. The molecule has 0 aliphatic rings. The second-order valence-electron chi connectivity index (χ2n) is 8.75. The molecule has 1 aromatic heterocycles. The topological polar surface area (TPSA) is 73.7 Å². The van der Waals surface area contributed by atoms with Crippen LogP contribution in [0.25, 0.3) is 16.6 Å². The minimum Gasteiger partial charge on any atom is -0.495 e. The summed E-state index contributed by atoms with van der Waals surface area (Å²) in [5, 5.41) is 0.513. The fourth-order valence-electron chi connectivity index (χ4n) is 4.49. The molecule has 2 atom stereocenters. The SMILES string of the molecule is CCCCC(CC)C(=O)N(CCOC)C(C)c1nc2ccccc2c(=O)n1-c1ccccc1OC. The number of benzene rings is 2. The molecule has 0 fully saturated rings. The second-order valence-corrected chi connectivity index (χ2v) is 8.75. The van der Waals surface area contributed by atoms with Gasteiger partial charge in [0.15, 0.2) is 0 Å². The molecule has 0 saturated heterocycles. The van der Waals surface area contributed by atoms with Gasteiger partial charge < -0.3 is 14.4 Å². The quantitative estimate of drug-likeness (QED) is 0.359. The summed E-state index contributed by atoms with van der Waals surface area (Å²) in [7, 11) is 3.20. The van der Waals surface area contributed by atoms with E-state index in [0.717, 1.165) is 25.7 Å². The van der Waals surface area contributed by atoms with Gasteiger partial charge in [0.2, 0.25) is 5.91 Å². The van der Waals surface area contributed by atoms with Crippen LogP contribution in [0.2, 0.25) is 0 Å². The van der Waals surface area contributed by atoms with Crippen LogP contribution >= 0.6 is 0 Å². The maximum atomic E-state index is 13.8. The van der Waals surface area contributed by atoms with E-state index in [4.69, 9.17) is 14.5 Å². The molecule has 0 aliphatic heterocycles. The van der Waals surface area contributed by atoms with E-state index in [1.54, 1.807) is 24.9 Å². The van der Waals surface area contributed by atoms with Crippen LogP contribution in [0.5, 0.6) is 5.75 Å². The second kappa shape index (κ2) is 12.5. The first-order chi connectivity index (χ1) is 17.0. The van der Waals surface area contributed by atoms with Crippen molar-refractivity contribution in [3.8, 4) is 11.4 Å². The zero-order valence-corrected chi connectivity index (χ0v) is 21.5. The van der Waals surface area contributed by atoms with E-state index in [1.165, 1.54) is 0 Å². The maximum absolute atomic E-state index is 13.8. The van der Waals surface area contributed by atoms with Crippen LogP contribution < -0.4 is 10.3 Å². The highest BCUT2D eigenvalue weighted by molar-refractivity contribution is 5.80. The molecular weight excluding hydrogens is 442 g/mol. The molecule has 1 heterocycles. The first-order valence-corrected chi connectivity index (χ1v) is 12.4. The summed E-state index contributed by atoms with van der Waals surface area (Å²) < 4.78 is 12.5. The van der Waals surface area contributed by atoms with Crippen molar-refractivity contribution in [1.82, 2.24) is 14.5 Å². The normalized spacial score (nSPS) is 12.9. The van der Waals surface area contributed by atoms with Crippen molar-refractivity contribution in [2.75, 3.05) is 27.4 Å². The third-order valence-electron chi connectivity index (χ3n) is 6.54. The van der Waals surface area contributed by atoms with Crippen molar-refractivity contribution < 1.29 is 14.3 Å². The fraction of sp³-hybridized carbons (Fsp3) is 0.464. The molecule has 3 aromatic rings. The van der Waals surface area contributed by atoms with Crippen molar-refractivity contribution in [2.45, 2.75) is 52.5 Å². The first kappa shape index (κ1) is 26.4. The molecule has 0 spiro atoms. The third-order valence-corrected chi connectivity index (χ3v) is 6.54. The lowest BCUT2D eigenvalue weighted by Gasteiger charge is -2.33. The molecule has 1 amide bonds. The summed E-state index contributed by atoms with van der Waals surface area (Å²) in [6, 6.07) is 14.2. The van der Waals surface area contributed by atoms with Crippen LogP contribution in [0, 0.1) is 5.92 Å². The highest BCUT2D eigenvalue weighted by Crippen LogP contribution is 2.29. The average molecular weight is 480 g/mol. The van der Waals surface area contributed by atoms with Crippen LogP contribution in [0.3, 0.4) is 0 Å². The highest BCUT2D eigenvalue weighted by atomic mass is 16.5. The lowest BCUT2D eigenvalue weighted by Crippen LogP contribution is -2.42. The largest absolute Gasteiger partial charge is 0.495 e. The number of aromatic nitrogens is 2. The number of methoxy groups -OCH3 is 2. The smallest absolute Gasteiger partial charge is 0.266 e. The number of rotatable bonds is 12. The zero-order valence-electron chi connectivity index (χ0n) is 21.5. The maximum Gasteiger partial charge on any atom is 0.266 e. The average Bonchev–Trinajstić information content (AvgIpc) is 2.89. The van der Waals surface area contributed by atoms with Crippen molar-refractivity contribution >= 4 is 16.8 Å². The van der Waals surface area contributed by atoms with Crippen LogP contribution in [0.4, 0.5) is 0 Å². The van der Waals surface area contributed by atoms with E-state index in [2.05, 4.69) is 13.8 Å². The standard InChI is InChI=1S/C28H37N3O4/c1-6-8-13-21(7-2)27(32)30(18-19-34-4)20(3)26-29-23-15-10-9-14-22(23)28(33)31(26)24-16-11-12-17-25(24)35-5/h9-12,14-17,20-21H,6-8,13,18-19H2,1-5H3. The van der Waals surface area contributed by atoms with Gasteiger partial charge in [0.25, 0.3) is 5.56 Å². The Kier molecular flexibility index (Phi) is 9.43. The van der Waals surface area contributed by atoms with E-state index in [1.807, 2.05) is 54.3 Å². The third kappa shape index (κ3) is 5.73. The summed E-state index contributed by atoms with van der Waals surface area (Å²) in [6.45, 7) is 6.92.